The van der Waals surface area contributed by atoms with Gasteiger partial charge in [0.25, 0.3) is 0 Å². The Kier molecular flexibility index (Phi) is 3.13. The summed E-state index contributed by atoms with van der Waals surface area (Å²) in [5.41, 5.74) is 5.28. The quantitative estimate of drug-likeness (QED) is 0.672. The summed E-state index contributed by atoms with van der Waals surface area (Å²) in [5.74, 6) is -2.71. The molecule has 0 atom stereocenters. The summed E-state index contributed by atoms with van der Waals surface area (Å²) in [5, 5.41) is 1.90. The van der Waals surface area contributed by atoms with Crippen molar-refractivity contribution >= 4 is 34.4 Å². The van der Waals surface area contributed by atoms with E-state index < -0.39 is 17.4 Å². The van der Waals surface area contributed by atoms with Crippen molar-refractivity contribution in [3.05, 3.63) is 50.7 Å². The van der Waals surface area contributed by atoms with Gasteiger partial charge in [-0.05, 0) is 17.5 Å². The first-order chi connectivity index (χ1) is 8.00. The molecule has 0 amide bonds. The molecule has 0 bridgehead atoms. The molecule has 2 nitrogen and oxygen atoms in total. The summed E-state index contributed by atoms with van der Waals surface area (Å²) in [6.07, 6.45) is 0. The number of anilines is 1. The molecule has 0 saturated carbocycles. The Labute approximate surface area is 105 Å². The third kappa shape index (κ3) is 2.16. The lowest BCUT2D eigenvalue weighted by Gasteiger charge is -2.04. The number of nitrogens with two attached hydrogens (primary N) is 1. The zero-order chi connectivity index (χ0) is 12.6. The third-order valence-electron chi connectivity index (χ3n) is 2.16. The predicted octanol–water partition coefficient (Wildman–Crippen LogP) is 3.49. The highest BCUT2D eigenvalue weighted by molar-refractivity contribution is 7.13. The second-order valence-electron chi connectivity index (χ2n) is 3.28. The van der Waals surface area contributed by atoms with Gasteiger partial charge in [-0.15, -0.1) is 11.3 Å². The summed E-state index contributed by atoms with van der Waals surface area (Å²) in [6.45, 7) is 0. The molecule has 0 unspecified atom stereocenters. The first kappa shape index (κ1) is 12.0. The smallest absolute Gasteiger partial charge is 0.206 e. The molecule has 2 rings (SSSR count). The van der Waals surface area contributed by atoms with E-state index in [2.05, 4.69) is 0 Å². The number of hydrogen-bond acceptors (Lipinski definition) is 3. The van der Waals surface area contributed by atoms with Crippen LogP contribution in [-0.4, -0.2) is 5.78 Å². The van der Waals surface area contributed by atoms with Crippen molar-refractivity contribution in [1.82, 2.24) is 0 Å². The second kappa shape index (κ2) is 4.43. The van der Waals surface area contributed by atoms with Crippen LogP contribution in [0.2, 0.25) is 5.02 Å². The van der Waals surface area contributed by atoms with Crippen LogP contribution >= 0.6 is 22.9 Å². The molecular formula is C11H6ClF2NOS. The van der Waals surface area contributed by atoms with Crippen LogP contribution in [0.3, 0.4) is 0 Å². The molecule has 1 heterocycles. The number of carbonyl (C=O) groups is 1. The summed E-state index contributed by atoms with van der Waals surface area (Å²) >= 11 is 6.91. The highest BCUT2D eigenvalue weighted by Crippen LogP contribution is 2.28. The van der Waals surface area contributed by atoms with Gasteiger partial charge >= 0.3 is 0 Å². The van der Waals surface area contributed by atoms with Crippen molar-refractivity contribution in [1.29, 1.82) is 0 Å². The van der Waals surface area contributed by atoms with E-state index in [-0.39, 0.29) is 21.2 Å². The molecule has 0 fully saturated rings. The number of hydrogen-bond donors (Lipinski definition) is 1. The van der Waals surface area contributed by atoms with Crippen LogP contribution in [0.4, 0.5) is 14.5 Å². The van der Waals surface area contributed by atoms with E-state index in [9.17, 15) is 13.6 Å². The van der Waals surface area contributed by atoms with E-state index >= 15 is 0 Å². The average Bonchev–Trinajstić information content (AvgIpc) is 2.69. The Balaban J connectivity index is 2.52. The topological polar surface area (TPSA) is 43.1 Å². The molecule has 0 aliphatic heterocycles. The Hall–Kier alpha value is -1.46. The minimum Gasteiger partial charge on any atom is -0.398 e. The van der Waals surface area contributed by atoms with Crippen LogP contribution in [0.1, 0.15) is 15.2 Å². The number of carbonyl (C=O) groups excluding carboxylic acids is 1. The summed E-state index contributed by atoms with van der Waals surface area (Å²) in [4.78, 5) is 12.2. The van der Waals surface area contributed by atoms with Gasteiger partial charge in [0.15, 0.2) is 11.6 Å². The fourth-order valence-electron chi connectivity index (χ4n) is 1.34. The molecule has 2 aromatic rings. The van der Waals surface area contributed by atoms with Crippen LogP contribution in [0.5, 0.6) is 0 Å². The number of nitrogen functional groups attached to an aromatic ring is 1. The molecule has 2 N–H and O–H groups in total. The highest BCUT2D eigenvalue weighted by atomic mass is 35.5. The number of ketones is 1. The fourth-order valence-corrected chi connectivity index (χ4v) is 2.43. The van der Waals surface area contributed by atoms with Crippen molar-refractivity contribution in [2.75, 3.05) is 5.73 Å². The first-order valence-corrected chi connectivity index (χ1v) is 5.78. The monoisotopic (exact) mass is 273 g/mol. The van der Waals surface area contributed by atoms with E-state index in [1.165, 1.54) is 0 Å². The van der Waals surface area contributed by atoms with Gasteiger partial charge < -0.3 is 5.73 Å². The first-order valence-electron chi connectivity index (χ1n) is 4.53. The number of rotatable bonds is 2. The normalized spacial score (nSPS) is 10.5. The SMILES string of the molecule is Nc1cc(F)c(F)cc1C(=O)c1sccc1Cl. The maximum absolute atomic E-state index is 13.0. The van der Waals surface area contributed by atoms with Gasteiger partial charge in [0, 0.05) is 17.3 Å². The molecule has 0 aliphatic rings. The number of benzene rings is 1. The lowest BCUT2D eigenvalue weighted by Crippen LogP contribution is -2.06. The van der Waals surface area contributed by atoms with Crippen molar-refractivity contribution in [3.63, 3.8) is 0 Å². The maximum atomic E-state index is 13.0. The Bertz CT molecular complexity index is 597. The zero-order valence-corrected chi connectivity index (χ0v) is 9.91. The Morgan fingerprint density at radius 2 is 1.94 bits per heavy atom. The van der Waals surface area contributed by atoms with Crippen molar-refractivity contribution in [2.45, 2.75) is 0 Å². The molecule has 1 aromatic carbocycles. The van der Waals surface area contributed by atoms with Crippen molar-refractivity contribution < 1.29 is 13.6 Å². The summed E-state index contributed by atoms with van der Waals surface area (Å²) in [6, 6.07) is 3.11. The molecule has 0 saturated heterocycles. The minimum atomic E-state index is -1.12. The fraction of sp³-hybridized carbons (Fsp3) is 0. The molecule has 17 heavy (non-hydrogen) atoms. The lowest BCUT2D eigenvalue weighted by atomic mass is 10.1. The number of thiophene rings is 1. The van der Waals surface area contributed by atoms with Gasteiger partial charge in [0.05, 0.1) is 9.90 Å². The molecule has 0 spiro atoms. The molecule has 6 heteroatoms. The van der Waals surface area contributed by atoms with E-state index in [0.29, 0.717) is 0 Å². The molecule has 1 aromatic heterocycles. The van der Waals surface area contributed by atoms with Gasteiger partial charge in [-0.3, -0.25) is 4.79 Å². The molecular weight excluding hydrogens is 268 g/mol. The van der Waals surface area contributed by atoms with Gasteiger partial charge in [-0.1, -0.05) is 11.6 Å². The van der Waals surface area contributed by atoms with Gasteiger partial charge in [-0.2, -0.15) is 0 Å². The van der Waals surface area contributed by atoms with Crippen LogP contribution in [-0.2, 0) is 0 Å². The van der Waals surface area contributed by atoms with Crippen molar-refractivity contribution in [3.8, 4) is 0 Å². The van der Waals surface area contributed by atoms with Crippen LogP contribution in [0.25, 0.3) is 0 Å². The zero-order valence-electron chi connectivity index (χ0n) is 8.34. The minimum absolute atomic E-state index is 0.0896. The lowest BCUT2D eigenvalue weighted by molar-refractivity contribution is 0.104. The second-order valence-corrected chi connectivity index (χ2v) is 4.60. The summed E-state index contributed by atoms with van der Waals surface area (Å²) < 4.78 is 25.9. The highest BCUT2D eigenvalue weighted by Gasteiger charge is 2.19. The van der Waals surface area contributed by atoms with Crippen LogP contribution in [0, 0.1) is 11.6 Å². The largest absolute Gasteiger partial charge is 0.398 e. The Morgan fingerprint density at radius 1 is 1.29 bits per heavy atom. The number of halogens is 3. The standard InChI is InChI=1S/C11H6ClF2NOS/c12-6-1-2-17-11(6)10(16)5-3-7(13)8(14)4-9(5)15/h1-4H,15H2. The average molecular weight is 274 g/mol. The van der Waals surface area contributed by atoms with Crippen LogP contribution < -0.4 is 5.73 Å². The maximum Gasteiger partial charge on any atom is 0.206 e. The van der Waals surface area contributed by atoms with E-state index in [0.717, 1.165) is 23.5 Å². The van der Waals surface area contributed by atoms with Gasteiger partial charge in [-0.25, -0.2) is 8.78 Å². The van der Waals surface area contributed by atoms with E-state index in [1.807, 2.05) is 0 Å². The Morgan fingerprint density at radius 3 is 2.53 bits per heavy atom. The van der Waals surface area contributed by atoms with E-state index in [4.69, 9.17) is 17.3 Å². The molecule has 88 valence electrons. The molecule has 0 radical (unpaired) electrons. The van der Waals surface area contributed by atoms with Gasteiger partial charge in [0.1, 0.15) is 0 Å². The van der Waals surface area contributed by atoms with Gasteiger partial charge in [0.2, 0.25) is 5.78 Å². The predicted molar refractivity (Wildman–Crippen MR) is 63.5 cm³/mol. The molecule has 0 aliphatic carbocycles. The third-order valence-corrected chi connectivity index (χ3v) is 3.50. The summed E-state index contributed by atoms with van der Waals surface area (Å²) in [7, 11) is 0. The van der Waals surface area contributed by atoms with Crippen molar-refractivity contribution in [2.24, 2.45) is 0 Å². The van der Waals surface area contributed by atoms with Crippen LogP contribution in [0.15, 0.2) is 23.6 Å². The van der Waals surface area contributed by atoms with E-state index in [1.54, 1.807) is 11.4 Å².